The lowest BCUT2D eigenvalue weighted by atomic mass is 9.74. The van der Waals surface area contributed by atoms with E-state index in [0.717, 1.165) is 51.3 Å². The molecule has 0 aromatic heterocycles. The van der Waals surface area contributed by atoms with Crippen molar-refractivity contribution in [2.45, 2.75) is 43.9 Å². The highest BCUT2D eigenvalue weighted by Gasteiger charge is 2.34. The summed E-state index contributed by atoms with van der Waals surface area (Å²) in [5.74, 6) is 1.74. The van der Waals surface area contributed by atoms with E-state index in [1.165, 1.54) is 18.4 Å². The van der Waals surface area contributed by atoms with Crippen LogP contribution in [-0.2, 0) is 14.9 Å². The van der Waals surface area contributed by atoms with Gasteiger partial charge in [-0.1, -0.05) is 12.1 Å². The normalized spacial score (nSPS) is 19.7. The number of rotatable bonds is 7. The van der Waals surface area contributed by atoms with Crippen molar-refractivity contribution in [1.29, 1.82) is 0 Å². The van der Waals surface area contributed by atoms with E-state index in [1.54, 1.807) is 7.11 Å². The summed E-state index contributed by atoms with van der Waals surface area (Å²) in [6, 6.07) is 8.27. The van der Waals surface area contributed by atoms with Crippen molar-refractivity contribution in [3.63, 3.8) is 0 Å². The van der Waals surface area contributed by atoms with Gasteiger partial charge in [-0.05, 0) is 68.8 Å². The molecule has 2 aliphatic rings. The lowest BCUT2D eigenvalue weighted by Crippen LogP contribution is -2.44. The molecule has 2 aliphatic heterocycles. The molecule has 2 heterocycles. The third kappa shape index (κ3) is 6.09. The van der Waals surface area contributed by atoms with E-state index in [0.29, 0.717) is 18.9 Å². The average molecular weight is 397 g/mol. The minimum atomic E-state index is -0.0328. The molecule has 1 aromatic carbocycles. The van der Waals surface area contributed by atoms with Gasteiger partial charge in [0.1, 0.15) is 5.75 Å². The maximum absolute atomic E-state index is 12.4. The number of ether oxygens (including phenoxy) is 2. The molecule has 0 saturated carbocycles. The molecule has 0 bridgehead atoms. The largest absolute Gasteiger partial charge is 0.497 e. The van der Waals surface area contributed by atoms with Crippen molar-refractivity contribution >= 4 is 18.3 Å². The first-order chi connectivity index (χ1) is 12.7. The summed E-state index contributed by atoms with van der Waals surface area (Å²) in [7, 11) is 1.68. The number of halogens is 1. The zero-order chi connectivity index (χ0) is 18.2. The number of amides is 1. The monoisotopic (exact) mass is 396 g/mol. The second-order valence-corrected chi connectivity index (χ2v) is 7.63. The van der Waals surface area contributed by atoms with Crippen molar-refractivity contribution in [3.05, 3.63) is 29.8 Å². The Hall–Kier alpha value is -1.30. The van der Waals surface area contributed by atoms with Gasteiger partial charge in [0.15, 0.2) is 0 Å². The van der Waals surface area contributed by atoms with E-state index >= 15 is 0 Å². The fraction of sp³-hybridized carbons (Fsp3) is 0.667. The predicted octanol–water partition coefficient (Wildman–Crippen LogP) is 3.06. The van der Waals surface area contributed by atoms with Crippen LogP contribution in [0.5, 0.6) is 5.75 Å². The molecule has 27 heavy (non-hydrogen) atoms. The summed E-state index contributed by atoms with van der Waals surface area (Å²) < 4.78 is 10.9. The Kier molecular flexibility index (Phi) is 8.87. The molecule has 0 atom stereocenters. The Balaban J connectivity index is 0.00000261. The maximum atomic E-state index is 12.4. The van der Waals surface area contributed by atoms with Gasteiger partial charge in [-0.25, -0.2) is 0 Å². The van der Waals surface area contributed by atoms with E-state index in [2.05, 4.69) is 22.8 Å². The molecule has 3 rings (SSSR count). The van der Waals surface area contributed by atoms with Gasteiger partial charge in [0.05, 0.1) is 7.11 Å². The highest BCUT2D eigenvalue weighted by atomic mass is 35.5. The Bertz CT molecular complexity index is 567. The van der Waals surface area contributed by atoms with Crippen LogP contribution < -0.4 is 15.4 Å². The van der Waals surface area contributed by atoms with Crippen molar-refractivity contribution in [2.75, 3.05) is 40.0 Å². The summed E-state index contributed by atoms with van der Waals surface area (Å²) >= 11 is 0. The summed E-state index contributed by atoms with van der Waals surface area (Å²) in [5, 5.41) is 6.60. The number of hydrogen-bond acceptors (Lipinski definition) is 4. The fourth-order valence-corrected chi connectivity index (χ4v) is 4.14. The van der Waals surface area contributed by atoms with Crippen LogP contribution in [0.3, 0.4) is 0 Å². The van der Waals surface area contributed by atoms with Crippen molar-refractivity contribution in [1.82, 2.24) is 10.6 Å². The van der Waals surface area contributed by atoms with Crippen LogP contribution in [0, 0.1) is 5.92 Å². The van der Waals surface area contributed by atoms with E-state index in [9.17, 15) is 4.79 Å². The molecule has 0 radical (unpaired) electrons. The van der Waals surface area contributed by atoms with Gasteiger partial charge in [-0.2, -0.15) is 0 Å². The molecule has 6 heteroatoms. The van der Waals surface area contributed by atoms with Crippen molar-refractivity contribution < 1.29 is 14.3 Å². The summed E-state index contributed by atoms with van der Waals surface area (Å²) in [5.41, 5.74) is 1.23. The van der Waals surface area contributed by atoms with Crippen LogP contribution in [0.15, 0.2) is 24.3 Å². The molecular weight excluding hydrogens is 364 g/mol. The van der Waals surface area contributed by atoms with Gasteiger partial charge in [0.25, 0.3) is 0 Å². The first-order valence-corrected chi connectivity index (χ1v) is 9.91. The molecule has 0 unspecified atom stereocenters. The second kappa shape index (κ2) is 10.9. The van der Waals surface area contributed by atoms with Crippen LogP contribution in [0.4, 0.5) is 0 Å². The second-order valence-electron chi connectivity index (χ2n) is 7.63. The Morgan fingerprint density at radius 3 is 2.52 bits per heavy atom. The van der Waals surface area contributed by atoms with Gasteiger partial charge in [0.2, 0.25) is 5.91 Å². The van der Waals surface area contributed by atoms with Crippen LogP contribution >= 0.6 is 12.4 Å². The zero-order valence-corrected chi connectivity index (χ0v) is 17.1. The maximum Gasteiger partial charge on any atom is 0.220 e. The minimum Gasteiger partial charge on any atom is -0.497 e. The average Bonchev–Trinajstić information content (AvgIpc) is 2.72. The number of carbonyl (C=O) groups excluding carboxylic acids is 1. The fourth-order valence-electron chi connectivity index (χ4n) is 4.14. The molecule has 2 N–H and O–H groups in total. The molecule has 1 amide bonds. The van der Waals surface area contributed by atoms with Crippen LogP contribution in [0.25, 0.3) is 0 Å². The first-order valence-electron chi connectivity index (χ1n) is 9.91. The molecule has 0 spiro atoms. The zero-order valence-electron chi connectivity index (χ0n) is 16.3. The molecular formula is C21H33ClN2O3. The van der Waals surface area contributed by atoms with Crippen molar-refractivity contribution in [3.8, 4) is 5.75 Å². The van der Waals surface area contributed by atoms with E-state index in [-0.39, 0.29) is 23.7 Å². The minimum absolute atomic E-state index is 0. The Morgan fingerprint density at radius 2 is 1.89 bits per heavy atom. The van der Waals surface area contributed by atoms with E-state index in [1.807, 2.05) is 12.1 Å². The lowest BCUT2D eigenvalue weighted by molar-refractivity contribution is -0.122. The highest BCUT2D eigenvalue weighted by molar-refractivity contribution is 5.85. The summed E-state index contributed by atoms with van der Waals surface area (Å²) in [6.07, 6.45) is 5.91. The molecule has 0 aliphatic carbocycles. The third-order valence-corrected chi connectivity index (χ3v) is 6.01. The van der Waals surface area contributed by atoms with Gasteiger partial charge in [-0.3, -0.25) is 4.79 Å². The highest BCUT2D eigenvalue weighted by Crippen LogP contribution is 2.35. The predicted molar refractivity (Wildman–Crippen MR) is 110 cm³/mol. The van der Waals surface area contributed by atoms with Gasteiger partial charge in [0, 0.05) is 31.6 Å². The quantitative estimate of drug-likeness (QED) is 0.743. The molecule has 152 valence electrons. The number of piperidine rings is 1. The Morgan fingerprint density at radius 1 is 1.22 bits per heavy atom. The smallest absolute Gasteiger partial charge is 0.220 e. The van der Waals surface area contributed by atoms with Gasteiger partial charge >= 0.3 is 0 Å². The van der Waals surface area contributed by atoms with Crippen molar-refractivity contribution in [2.24, 2.45) is 5.92 Å². The summed E-state index contributed by atoms with van der Waals surface area (Å²) in [4.78, 5) is 12.4. The third-order valence-electron chi connectivity index (χ3n) is 6.01. The standard InChI is InChI=1S/C21H32N2O3.ClH/c1-25-19-5-3-18(4-6-19)21(10-14-26-15-11-21)16-23-20(24)7-2-17-8-12-22-13-9-17;/h3-6,17,22H,2,7-16H2,1H3,(H,23,24);1H. The molecule has 1 aromatic rings. The number of benzene rings is 1. The number of methoxy groups -OCH3 is 1. The van der Waals surface area contributed by atoms with E-state index < -0.39 is 0 Å². The first kappa shape index (κ1) is 22.0. The number of carbonyl (C=O) groups is 1. The van der Waals surface area contributed by atoms with Crippen LogP contribution in [0.2, 0.25) is 0 Å². The van der Waals surface area contributed by atoms with Crippen LogP contribution in [-0.4, -0.2) is 45.9 Å². The van der Waals surface area contributed by atoms with Gasteiger partial charge in [-0.15, -0.1) is 12.4 Å². The topological polar surface area (TPSA) is 59.6 Å². The molecule has 5 nitrogen and oxygen atoms in total. The molecule has 2 saturated heterocycles. The summed E-state index contributed by atoms with van der Waals surface area (Å²) in [6.45, 7) is 4.36. The Labute approximate surface area is 169 Å². The number of nitrogens with one attached hydrogen (secondary N) is 2. The molecule has 2 fully saturated rings. The number of hydrogen-bond donors (Lipinski definition) is 2. The SMILES string of the molecule is COc1ccc(C2(CNC(=O)CCC3CCNCC3)CCOCC2)cc1.Cl. The van der Waals surface area contributed by atoms with Crippen LogP contribution in [0.1, 0.15) is 44.1 Å². The van der Waals surface area contributed by atoms with E-state index in [4.69, 9.17) is 9.47 Å². The lowest BCUT2D eigenvalue weighted by Gasteiger charge is -2.38. The van der Waals surface area contributed by atoms with Gasteiger partial charge < -0.3 is 20.1 Å².